The van der Waals surface area contributed by atoms with E-state index in [4.69, 9.17) is 4.74 Å². The number of hydrogen-bond donors (Lipinski definition) is 0. The Bertz CT molecular complexity index is 601. The molecule has 0 aliphatic carbocycles. The number of para-hydroxylation sites is 1. The lowest BCUT2D eigenvalue weighted by Crippen LogP contribution is -2.11. The summed E-state index contributed by atoms with van der Waals surface area (Å²) in [5.74, 6) is 3.45. The van der Waals surface area contributed by atoms with Crippen LogP contribution in [-0.4, -0.2) is 11.5 Å². The molecule has 3 rings (SSSR count). The average Bonchev–Trinajstić information content (AvgIpc) is 2.95. The van der Waals surface area contributed by atoms with Gasteiger partial charge in [-0.1, -0.05) is 48.0 Å². The molecule has 0 unspecified atom stereocenters. The molecule has 3 heteroatoms. The van der Waals surface area contributed by atoms with Gasteiger partial charge in [0.15, 0.2) is 0 Å². The highest BCUT2D eigenvalue weighted by Crippen LogP contribution is 2.53. The monoisotopic (exact) mass is 316 g/mol. The molecule has 0 N–H and O–H groups in total. The molecule has 1 saturated heterocycles. The summed E-state index contributed by atoms with van der Waals surface area (Å²) < 4.78 is 6.24. The molecule has 1 aliphatic heterocycles. The van der Waals surface area contributed by atoms with E-state index >= 15 is 0 Å². The van der Waals surface area contributed by atoms with Crippen LogP contribution in [0, 0.1) is 6.92 Å². The maximum atomic E-state index is 6.11. The van der Waals surface area contributed by atoms with Crippen LogP contribution in [0.2, 0.25) is 0 Å². The highest BCUT2D eigenvalue weighted by atomic mass is 32.2. The Morgan fingerprint density at radius 3 is 2.38 bits per heavy atom. The van der Waals surface area contributed by atoms with Crippen LogP contribution in [0.4, 0.5) is 0 Å². The summed E-state index contributed by atoms with van der Waals surface area (Å²) in [7, 11) is 0. The fourth-order valence-corrected chi connectivity index (χ4v) is 5.41. The fourth-order valence-electron chi connectivity index (χ4n) is 2.48. The second-order valence-corrected chi connectivity index (χ2v) is 8.70. The number of thioether (sulfide) groups is 2. The third kappa shape index (κ3) is 3.41. The molecule has 2 aromatic rings. The summed E-state index contributed by atoms with van der Waals surface area (Å²) in [6, 6.07) is 17.0. The molecule has 1 nitrogen and oxygen atoms in total. The molecule has 1 aliphatic rings. The highest BCUT2D eigenvalue weighted by Gasteiger charge is 2.34. The van der Waals surface area contributed by atoms with Crippen molar-refractivity contribution in [2.24, 2.45) is 0 Å². The summed E-state index contributed by atoms with van der Waals surface area (Å²) in [6.07, 6.45) is 0. The minimum Gasteiger partial charge on any atom is -0.489 e. The van der Waals surface area contributed by atoms with Gasteiger partial charge < -0.3 is 4.74 Å². The van der Waals surface area contributed by atoms with Crippen molar-refractivity contribution >= 4 is 23.5 Å². The van der Waals surface area contributed by atoms with Gasteiger partial charge in [0.25, 0.3) is 0 Å². The van der Waals surface area contributed by atoms with E-state index in [1.165, 1.54) is 28.2 Å². The first-order valence-corrected chi connectivity index (χ1v) is 9.20. The molecule has 21 heavy (non-hydrogen) atoms. The van der Waals surface area contributed by atoms with Gasteiger partial charge in [-0.3, -0.25) is 0 Å². The van der Waals surface area contributed by atoms with Crippen LogP contribution in [0.25, 0.3) is 0 Å². The molecule has 0 aromatic heterocycles. The van der Waals surface area contributed by atoms with Crippen LogP contribution in [0.5, 0.6) is 5.75 Å². The van der Waals surface area contributed by atoms with Crippen molar-refractivity contribution in [1.82, 2.24) is 0 Å². The van der Waals surface area contributed by atoms with Crippen molar-refractivity contribution in [3.63, 3.8) is 0 Å². The Balaban J connectivity index is 1.78. The molecule has 0 bridgehead atoms. The second kappa shape index (κ2) is 6.37. The van der Waals surface area contributed by atoms with Crippen LogP contribution in [-0.2, 0) is 10.7 Å². The van der Waals surface area contributed by atoms with Crippen LogP contribution in [0.3, 0.4) is 0 Å². The predicted octanol–water partition coefficient (Wildman–Crippen LogP) is 5.23. The fraction of sp³-hybridized carbons (Fsp3) is 0.333. The van der Waals surface area contributed by atoms with Crippen molar-refractivity contribution in [3.8, 4) is 5.75 Å². The van der Waals surface area contributed by atoms with Crippen molar-refractivity contribution in [1.29, 1.82) is 0 Å². The largest absolute Gasteiger partial charge is 0.489 e. The zero-order valence-electron chi connectivity index (χ0n) is 12.5. The maximum absolute atomic E-state index is 6.11. The summed E-state index contributed by atoms with van der Waals surface area (Å²) in [4.78, 5) is 0. The van der Waals surface area contributed by atoms with E-state index in [2.05, 4.69) is 62.4 Å². The quantitative estimate of drug-likeness (QED) is 0.764. The lowest BCUT2D eigenvalue weighted by atomic mass is 10.1. The minimum atomic E-state index is 0.129. The van der Waals surface area contributed by atoms with Gasteiger partial charge >= 0.3 is 0 Å². The first-order valence-electron chi connectivity index (χ1n) is 7.23. The molecule has 0 radical (unpaired) electrons. The van der Waals surface area contributed by atoms with Gasteiger partial charge in [0.2, 0.25) is 0 Å². The Hall–Kier alpha value is -1.06. The van der Waals surface area contributed by atoms with E-state index in [1.807, 2.05) is 23.5 Å². The number of rotatable bonds is 4. The van der Waals surface area contributed by atoms with Gasteiger partial charge in [0.05, 0.1) is 4.08 Å². The Kier molecular flexibility index (Phi) is 4.51. The van der Waals surface area contributed by atoms with Gasteiger partial charge in [-0.2, -0.15) is 0 Å². The zero-order valence-corrected chi connectivity index (χ0v) is 14.1. The predicted molar refractivity (Wildman–Crippen MR) is 94.2 cm³/mol. The van der Waals surface area contributed by atoms with E-state index in [9.17, 15) is 0 Å². The van der Waals surface area contributed by atoms with Crippen molar-refractivity contribution in [2.45, 2.75) is 24.5 Å². The van der Waals surface area contributed by atoms with Gasteiger partial charge in [-0.15, -0.1) is 23.5 Å². The summed E-state index contributed by atoms with van der Waals surface area (Å²) in [5, 5.41) is 0. The average molecular weight is 316 g/mol. The molecule has 2 aromatic carbocycles. The Morgan fingerprint density at radius 2 is 1.67 bits per heavy atom. The zero-order chi connectivity index (χ0) is 14.7. The lowest BCUT2D eigenvalue weighted by Gasteiger charge is -2.25. The Labute approximate surface area is 135 Å². The first kappa shape index (κ1) is 14.9. The summed E-state index contributed by atoms with van der Waals surface area (Å²) in [5.41, 5.74) is 3.81. The number of ether oxygens (including phenoxy) is 1. The standard InChI is InChI=1S/C18H20OS2/c1-14-7-9-15(10-8-14)13-19-17-6-4-3-5-16(17)18(2)20-11-12-21-18/h3-10H,11-13H2,1-2H3. The second-order valence-electron chi connectivity index (χ2n) is 5.41. The van der Waals surface area contributed by atoms with Crippen LogP contribution in [0.1, 0.15) is 23.6 Å². The topological polar surface area (TPSA) is 9.23 Å². The highest BCUT2D eigenvalue weighted by molar-refractivity contribution is 8.20. The molecule has 1 heterocycles. The Morgan fingerprint density at radius 1 is 1.00 bits per heavy atom. The molecular formula is C18H20OS2. The van der Waals surface area contributed by atoms with E-state index in [-0.39, 0.29) is 4.08 Å². The van der Waals surface area contributed by atoms with Crippen LogP contribution >= 0.6 is 23.5 Å². The van der Waals surface area contributed by atoms with Crippen molar-refractivity contribution in [2.75, 3.05) is 11.5 Å². The number of benzene rings is 2. The summed E-state index contributed by atoms with van der Waals surface area (Å²) in [6.45, 7) is 5.04. The molecule has 0 atom stereocenters. The normalized spacial score (nSPS) is 16.9. The third-order valence-electron chi connectivity index (χ3n) is 3.73. The van der Waals surface area contributed by atoms with Gasteiger partial charge in [-0.05, 0) is 25.5 Å². The SMILES string of the molecule is Cc1ccc(COc2ccccc2C2(C)SCCS2)cc1. The lowest BCUT2D eigenvalue weighted by molar-refractivity contribution is 0.302. The van der Waals surface area contributed by atoms with Gasteiger partial charge in [0, 0.05) is 17.1 Å². The minimum absolute atomic E-state index is 0.129. The van der Waals surface area contributed by atoms with Gasteiger partial charge in [0.1, 0.15) is 12.4 Å². The molecule has 0 amide bonds. The van der Waals surface area contributed by atoms with E-state index < -0.39 is 0 Å². The van der Waals surface area contributed by atoms with E-state index in [0.29, 0.717) is 6.61 Å². The van der Waals surface area contributed by atoms with Crippen molar-refractivity contribution < 1.29 is 4.74 Å². The van der Waals surface area contributed by atoms with Crippen molar-refractivity contribution in [3.05, 3.63) is 65.2 Å². The molecule has 0 saturated carbocycles. The molecule has 1 fully saturated rings. The first-order chi connectivity index (χ1) is 10.2. The smallest absolute Gasteiger partial charge is 0.125 e. The number of hydrogen-bond acceptors (Lipinski definition) is 3. The molecule has 0 spiro atoms. The van der Waals surface area contributed by atoms with Crippen LogP contribution < -0.4 is 4.74 Å². The summed E-state index contributed by atoms with van der Waals surface area (Å²) >= 11 is 4.04. The molecular weight excluding hydrogens is 296 g/mol. The van der Waals surface area contributed by atoms with Gasteiger partial charge in [-0.25, -0.2) is 0 Å². The van der Waals surface area contributed by atoms with Crippen LogP contribution in [0.15, 0.2) is 48.5 Å². The molecule has 110 valence electrons. The van der Waals surface area contributed by atoms with E-state index in [0.717, 1.165) is 5.75 Å². The third-order valence-corrected chi connectivity index (χ3v) is 7.05. The number of aryl methyl sites for hydroxylation is 1. The maximum Gasteiger partial charge on any atom is 0.125 e. The van der Waals surface area contributed by atoms with E-state index in [1.54, 1.807) is 0 Å².